The van der Waals surface area contributed by atoms with Crippen molar-refractivity contribution in [2.24, 2.45) is 0 Å². The Kier molecular flexibility index (Phi) is 4.62. The summed E-state index contributed by atoms with van der Waals surface area (Å²) in [5.41, 5.74) is 3.19. The van der Waals surface area contributed by atoms with Crippen molar-refractivity contribution < 1.29 is 0 Å². The van der Waals surface area contributed by atoms with Crippen LogP contribution in [0.1, 0.15) is 30.5 Å². The smallest absolute Gasteiger partial charge is 0.229 e. The first-order valence-corrected chi connectivity index (χ1v) is 8.55. The molecule has 0 spiro atoms. The summed E-state index contributed by atoms with van der Waals surface area (Å²) in [7, 11) is 0. The van der Waals surface area contributed by atoms with Gasteiger partial charge in [0.05, 0.1) is 5.69 Å². The van der Waals surface area contributed by atoms with Gasteiger partial charge in [-0.2, -0.15) is 4.98 Å². The van der Waals surface area contributed by atoms with Crippen molar-refractivity contribution in [3.8, 4) is 0 Å². The van der Waals surface area contributed by atoms with Gasteiger partial charge in [-0.25, -0.2) is 4.98 Å². The molecule has 0 unspecified atom stereocenters. The van der Waals surface area contributed by atoms with E-state index in [-0.39, 0.29) is 0 Å². The Bertz CT molecular complexity index is 666. The van der Waals surface area contributed by atoms with E-state index < -0.39 is 0 Å². The summed E-state index contributed by atoms with van der Waals surface area (Å²) in [6.45, 7) is 6.27. The zero-order chi connectivity index (χ0) is 15.5. The highest BCUT2D eigenvalue weighted by molar-refractivity contribution is 9.10. The second-order valence-electron chi connectivity index (χ2n) is 5.85. The van der Waals surface area contributed by atoms with Gasteiger partial charge in [-0.05, 0) is 66.7 Å². The summed E-state index contributed by atoms with van der Waals surface area (Å²) in [6, 6.07) is 8.28. The number of aromatic nitrogens is 2. The molecule has 0 radical (unpaired) electrons. The molecule has 1 N–H and O–H groups in total. The van der Waals surface area contributed by atoms with Crippen molar-refractivity contribution in [2.75, 3.05) is 23.3 Å². The van der Waals surface area contributed by atoms with Crippen LogP contribution in [0.2, 0.25) is 0 Å². The number of piperidine rings is 1. The minimum absolute atomic E-state index is 0.658. The minimum Gasteiger partial charge on any atom is -0.356 e. The largest absolute Gasteiger partial charge is 0.356 e. The summed E-state index contributed by atoms with van der Waals surface area (Å²) in [5, 5.41) is 3.32. The standard InChI is InChI=1S/C17H21BrN4/c1-12-6-7-15(14(18)10-12)20-17-19-13(2)11-16(21-17)22-8-4-3-5-9-22/h6-7,10-11H,3-5,8-9H2,1-2H3,(H,19,20,21). The molecule has 0 bridgehead atoms. The van der Waals surface area contributed by atoms with E-state index in [1.54, 1.807) is 0 Å². The summed E-state index contributed by atoms with van der Waals surface area (Å²) >= 11 is 3.59. The van der Waals surface area contributed by atoms with Crippen LogP contribution in [-0.2, 0) is 0 Å². The van der Waals surface area contributed by atoms with Gasteiger partial charge in [-0.15, -0.1) is 0 Å². The first-order valence-electron chi connectivity index (χ1n) is 7.75. The molecule has 1 aromatic carbocycles. The summed E-state index contributed by atoms with van der Waals surface area (Å²) in [4.78, 5) is 11.6. The summed E-state index contributed by atoms with van der Waals surface area (Å²) in [6.07, 6.45) is 3.81. The van der Waals surface area contributed by atoms with Crippen molar-refractivity contribution >= 4 is 33.4 Å². The molecular weight excluding hydrogens is 340 g/mol. The third-order valence-corrected chi connectivity index (χ3v) is 4.55. The molecule has 3 rings (SSSR count). The lowest BCUT2D eigenvalue weighted by Crippen LogP contribution is -2.30. The van der Waals surface area contributed by atoms with E-state index in [9.17, 15) is 0 Å². The highest BCUT2D eigenvalue weighted by Crippen LogP contribution is 2.27. The Morgan fingerprint density at radius 2 is 1.82 bits per heavy atom. The van der Waals surface area contributed by atoms with Gasteiger partial charge < -0.3 is 10.2 Å². The molecule has 22 heavy (non-hydrogen) atoms. The number of rotatable bonds is 3. The van der Waals surface area contributed by atoms with E-state index in [2.05, 4.69) is 56.3 Å². The molecule has 116 valence electrons. The molecule has 1 aliphatic rings. The van der Waals surface area contributed by atoms with E-state index in [0.717, 1.165) is 34.8 Å². The molecule has 2 heterocycles. The number of nitrogens with zero attached hydrogens (tertiary/aromatic N) is 3. The monoisotopic (exact) mass is 360 g/mol. The van der Waals surface area contributed by atoms with Crippen molar-refractivity contribution in [3.63, 3.8) is 0 Å². The van der Waals surface area contributed by atoms with E-state index in [1.165, 1.54) is 24.8 Å². The Labute approximate surface area is 140 Å². The third-order valence-electron chi connectivity index (χ3n) is 3.89. The topological polar surface area (TPSA) is 41.1 Å². The Morgan fingerprint density at radius 1 is 1.05 bits per heavy atom. The molecule has 0 amide bonds. The molecule has 1 aliphatic heterocycles. The van der Waals surface area contributed by atoms with Gasteiger partial charge in [-0.3, -0.25) is 0 Å². The van der Waals surface area contributed by atoms with Gasteiger partial charge in [0.15, 0.2) is 0 Å². The highest BCUT2D eigenvalue weighted by atomic mass is 79.9. The average Bonchev–Trinajstić information content (AvgIpc) is 2.50. The molecule has 2 aromatic rings. The maximum Gasteiger partial charge on any atom is 0.229 e. The number of aryl methyl sites for hydroxylation is 2. The van der Waals surface area contributed by atoms with Gasteiger partial charge in [0.1, 0.15) is 5.82 Å². The molecule has 4 nitrogen and oxygen atoms in total. The fourth-order valence-electron chi connectivity index (χ4n) is 2.73. The van der Waals surface area contributed by atoms with Crippen LogP contribution in [0.5, 0.6) is 0 Å². The minimum atomic E-state index is 0.658. The fourth-order valence-corrected chi connectivity index (χ4v) is 3.33. The van der Waals surface area contributed by atoms with Crippen LogP contribution >= 0.6 is 15.9 Å². The molecule has 1 aromatic heterocycles. The van der Waals surface area contributed by atoms with Gasteiger partial charge >= 0.3 is 0 Å². The van der Waals surface area contributed by atoms with Crippen LogP contribution in [0, 0.1) is 13.8 Å². The molecule has 5 heteroatoms. The number of hydrogen-bond acceptors (Lipinski definition) is 4. The normalized spacial score (nSPS) is 15.0. The Morgan fingerprint density at radius 3 is 2.55 bits per heavy atom. The molecule has 0 saturated carbocycles. The van der Waals surface area contributed by atoms with E-state index in [4.69, 9.17) is 4.98 Å². The zero-order valence-corrected chi connectivity index (χ0v) is 14.7. The average molecular weight is 361 g/mol. The van der Waals surface area contributed by atoms with Crippen molar-refractivity contribution in [3.05, 3.63) is 40.0 Å². The van der Waals surface area contributed by atoms with Crippen LogP contribution in [0.15, 0.2) is 28.7 Å². The van der Waals surface area contributed by atoms with Crippen LogP contribution in [0.4, 0.5) is 17.5 Å². The third kappa shape index (κ3) is 3.58. The maximum atomic E-state index is 4.70. The van der Waals surface area contributed by atoms with Crippen LogP contribution in [0.25, 0.3) is 0 Å². The first kappa shape index (κ1) is 15.3. The Hall–Kier alpha value is -1.62. The van der Waals surface area contributed by atoms with E-state index in [0.29, 0.717) is 5.95 Å². The number of anilines is 3. The fraction of sp³-hybridized carbons (Fsp3) is 0.412. The van der Waals surface area contributed by atoms with Gasteiger partial charge in [0.2, 0.25) is 5.95 Å². The first-order chi connectivity index (χ1) is 10.6. The molecule has 1 saturated heterocycles. The number of nitrogens with one attached hydrogen (secondary N) is 1. The second-order valence-corrected chi connectivity index (χ2v) is 6.70. The molecule has 1 fully saturated rings. The van der Waals surface area contributed by atoms with Gasteiger partial charge in [0, 0.05) is 29.3 Å². The number of hydrogen-bond donors (Lipinski definition) is 1. The van der Waals surface area contributed by atoms with Gasteiger partial charge in [-0.1, -0.05) is 6.07 Å². The lowest BCUT2D eigenvalue weighted by molar-refractivity contribution is 0.573. The zero-order valence-electron chi connectivity index (χ0n) is 13.1. The Balaban J connectivity index is 1.85. The van der Waals surface area contributed by atoms with Crippen molar-refractivity contribution in [1.82, 2.24) is 9.97 Å². The van der Waals surface area contributed by atoms with E-state index >= 15 is 0 Å². The maximum absolute atomic E-state index is 4.70. The highest BCUT2D eigenvalue weighted by Gasteiger charge is 2.14. The van der Waals surface area contributed by atoms with Crippen LogP contribution in [0.3, 0.4) is 0 Å². The summed E-state index contributed by atoms with van der Waals surface area (Å²) in [5.74, 6) is 1.68. The SMILES string of the molecule is Cc1ccc(Nc2nc(C)cc(N3CCCCC3)n2)c(Br)c1. The molecular formula is C17H21BrN4. The number of halogens is 1. The van der Waals surface area contributed by atoms with Crippen molar-refractivity contribution in [2.45, 2.75) is 33.1 Å². The predicted molar refractivity (Wildman–Crippen MR) is 95.0 cm³/mol. The molecule has 0 aliphatic carbocycles. The summed E-state index contributed by atoms with van der Waals surface area (Å²) < 4.78 is 1.03. The van der Waals surface area contributed by atoms with Crippen molar-refractivity contribution in [1.29, 1.82) is 0 Å². The van der Waals surface area contributed by atoms with E-state index in [1.807, 2.05) is 13.0 Å². The lowest BCUT2D eigenvalue weighted by atomic mass is 10.1. The quantitative estimate of drug-likeness (QED) is 0.868. The lowest BCUT2D eigenvalue weighted by Gasteiger charge is -2.28. The number of benzene rings is 1. The molecule has 0 atom stereocenters. The van der Waals surface area contributed by atoms with Crippen LogP contribution in [-0.4, -0.2) is 23.1 Å². The predicted octanol–water partition coefficient (Wildman–Crippen LogP) is 4.59. The van der Waals surface area contributed by atoms with Crippen LogP contribution < -0.4 is 10.2 Å². The second kappa shape index (κ2) is 6.65. The van der Waals surface area contributed by atoms with Gasteiger partial charge in [0.25, 0.3) is 0 Å².